The van der Waals surface area contributed by atoms with Gasteiger partial charge in [0.2, 0.25) is 0 Å². The molecular formula is C22H22N2O4. The summed E-state index contributed by atoms with van der Waals surface area (Å²) < 4.78 is 5.32. The Kier molecular flexibility index (Phi) is 6.24. The van der Waals surface area contributed by atoms with Crippen LogP contribution in [-0.4, -0.2) is 23.5 Å². The standard InChI is InChI=1S/C22H22N2O4/c1-15(16-6-3-2-4-7-16)24-22(27)21(26)23-14-19(25)17-9-11-18(12-10-17)20-8-5-13-28-20/h2-13,15,19,25H,14H2,1H3,(H,23,26)(H,24,27). The predicted molar refractivity (Wildman–Crippen MR) is 105 cm³/mol. The van der Waals surface area contributed by atoms with Crippen LogP contribution in [0.1, 0.15) is 30.2 Å². The molecule has 144 valence electrons. The first-order valence-corrected chi connectivity index (χ1v) is 9.00. The van der Waals surface area contributed by atoms with Gasteiger partial charge in [-0.05, 0) is 30.2 Å². The molecule has 2 aromatic carbocycles. The molecule has 0 bridgehead atoms. The molecule has 0 radical (unpaired) electrons. The van der Waals surface area contributed by atoms with Crippen molar-refractivity contribution in [2.45, 2.75) is 19.1 Å². The number of carbonyl (C=O) groups excluding carboxylic acids is 2. The number of rotatable bonds is 6. The maximum Gasteiger partial charge on any atom is 0.309 e. The number of carbonyl (C=O) groups is 2. The fourth-order valence-electron chi connectivity index (χ4n) is 2.79. The molecule has 1 heterocycles. The van der Waals surface area contributed by atoms with E-state index in [0.717, 1.165) is 16.9 Å². The predicted octanol–water partition coefficient (Wildman–Crippen LogP) is 2.97. The van der Waals surface area contributed by atoms with Gasteiger partial charge in [-0.1, -0.05) is 54.6 Å². The van der Waals surface area contributed by atoms with Crippen LogP contribution in [0.3, 0.4) is 0 Å². The Morgan fingerprint density at radius 2 is 1.64 bits per heavy atom. The van der Waals surface area contributed by atoms with Crippen molar-refractivity contribution in [3.63, 3.8) is 0 Å². The van der Waals surface area contributed by atoms with Crippen LogP contribution in [0, 0.1) is 0 Å². The Bertz CT molecular complexity index is 905. The summed E-state index contributed by atoms with van der Waals surface area (Å²) in [6.07, 6.45) is 0.672. The normalized spacial score (nSPS) is 12.8. The zero-order valence-electron chi connectivity index (χ0n) is 15.5. The molecule has 3 rings (SSSR count). The van der Waals surface area contributed by atoms with Gasteiger partial charge < -0.3 is 20.2 Å². The smallest absolute Gasteiger partial charge is 0.309 e. The van der Waals surface area contributed by atoms with Crippen LogP contribution in [0.4, 0.5) is 0 Å². The third-order valence-corrected chi connectivity index (χ3v) is 4.41. The molecule has 0 fully saturated rings. The van der Waals surface area contributed by atoms with Crippen molar-refractivity contribution in [1.82, 2.24) is 10.6 Å². The van der Waals surface area contributed by atoms with Crippen molar-refractivity contribution in [2.75, 3.05) is 6.54 Å². The van der Waals surface area contributed by atoms with E-state index in [1.54, 1.807) is 31.4 Å². The summed E-state index contributed by atoms with van der Waals surface area (Å²) in [5.41, 5.74) is 2.42. The van der Waals surface area contributed by atoms with Gasteiger partial charge in [0, 0.05) is 12.1 Å². The third kappa shape index (κ3) is 4.86. The average molecular weight is 378 g/mol. The van der Waals surface area contributed by atoms with Gasteiger partial charge in [0.05, 0.1) is 18.4 Å². The lowest BCUT2D eigenvalue weighted by molar-refractivity contribution is -0.139. The molecule has 2 atom stereocenters. The van der Waals surface area contributed by atoms with Gasteiger partial charge in [-0.25, -0.2) is 0 Å². The average Bonchev–Trinajstić information content (AvgIpc) is 3.27. The van der Waals surface area contributed by atoms with Gasteiger partial charge in [0.15, 0.2) is 0 Å². The molecule has 0 saturated carbocycles. The summed E-state index contributed by atoms with van der Waals surface area (Å²) in [5.74, 6) is -0.788. The van der Waals surface area contributed by atoms with Crippen LogP contribution in [0.15, 0.2) is 77.4 Å². The monoisotopic (exact) mass is 378 g/mol. The van der Waals surface area contributed by atoms with Crippen molar-refractivity contribution in [2.24, 2.45) is 0 Å². The second kappa shape index (κ2) is 9.01. The minimum Gasteiger partial charge on any atom is -0.464 e. The van der Waals surface area contributed by atoms with E-state index >= 15 is 0 Å². The molecular weight excluding hydrogens is 356 g/mol. The van der Waals surface area contributed by atoms with Crippen LogP contribution in [-0.2, 0) is 9.59 Å². The van der Waals surface area contributed by atoms with E-state index in [1.165, 1.54) is 0 Å². The molecule has 6 nitrogen and oxygen atoms in total. The molecule has 6 heteroatoms. The summed E-state index contributed by atoms with van der Waals surface area (Å²) in [4.78, 5) is 24.0. The van der Waals surface area contributed by atoms with E-state index in [4.69, 9.17) is 4.42 Å². The van der Waals surface area contributed by atoms with E-state index in [1.807, 2.05) is 48.5 Å². The van der Waals surface area contributed by atoms with Crippen molar-refractivity contribution < 1.29 is 19.1 Å². The van der Waals surface area contributed by atoms with Crippen LogP contribution in [0.5, 0.6) is 0 Å². The number of aliphatic hydroxyl groups excluding tert-OH is 1. The summed E-state index contributed by atoms with van der Waals surface area (Å²) in [7, 11) is 0. The Labute approximate surface area is 163 Å². The lowest BCUT2D eigenvalue weighted by Crippen LogP contribution is -2.42. The van der Waals surface area contributed by atoms with E-state index in [-0.39, 0.29) is 12.6 Å². The summed E-state index contributed by atoms with van der Waals surface area (Å²) in [6.45, 7) is 1.74. The molecule has 0 saturated heterocycles. The Morgan fingerprint density at radius 1 is 0.929 bits per heavy atom. The van der Waals surface area contributed by atoms with E-state index in [9.17, 15) is 14.7 Å². The number of furan rings is 1. The number of nitrogens with one attached hydrogen (secondary N) is 2. The highest BCUT2D eigenvalue weighted by atomic mass is 16.3. The van der Waals surface area contributed by atoms with Crippen LogP contribution in [0.2, 0.25) is 0 Å². The second-order valence-corrected chi connectivity index (χ2v) is 6.43. The number of benzene rings is 2. The van der Waals surface area contributed by atoms with Crippen molar-refractivity contribution in [3.05, 3.63) is 84.1 Å². The second-order valence-electron chi connectivity index (χ2n) is 6.43. The topological polar surface area (TPSA) is 91.6 Å². The molecule has 3 aromatic rings. The van der Waals surface area contributed by atoms with E-state index in [2.05, 4.69) is 10.6 Å². The molecule has 2 unspecified atom stereocenters. The van der Waals surface area contributed by atoms with Crippen molar-refractivity contribution in [3.8, 4) is 11.3 Å². The summed E-state index contributed by atoms with van der Waals surface area (Å²) >= 11 is 0. The third-order valence-electron chi connectivity index (χ3n) is 4.41. The highest BCUT2D eigenvalue weighted by molar-refractivity contribution is 6.35. The van der Waals surface area contributed by atoms with Crippen LogP contribution < -0.4 is 10.6 Å². The summed E-state index contributed by atoms with van der Waals surface area (Å²) in [6, 6.07) is 19.9. The van der Waals surface area contributed by atoms with Gasteiger partial charge in [-0.2, -0.15) is 0 Å². The largest absolute Gasteiger partial charge is 0.464 e. The molecule has 1 aromatic heterocycles. The fourth-order valence-corrected chi connectivity index (χ4v) is 2.79. The minimum absolute atomic E-state index is 0.0634. The zero-order valence-corrected chi connectivity index (χ0v) is 15.5. The van der Waals surface area contributed by atoms with Crippen LogP contribution >= 0.6 is 0 Å². The highest BCUT2D eigenvalue weighted by Gasteiger charge is 2.18. The summed E-state index contributed by atoms with van der Waals surface area (Å²) in [5, 5.41) is 15.4. The van der Waals surface area contributed by atoms with Gasteiger partial charge in [0.1, 0.15) is 5.76 Å². The van der Waals surface area contributed by atoms with Crippen LogP contribution in [0.25, 0.3) is 11.3 Å². The zero-order chi connectivity index (χ0) is 19.9. The number of hydrogen-bond acceptors (Lipinski definition) is 4. The van der Waals surface area contributed by atoms with Gasteiger partial charge in [0.25, 0.3) is 0 Å². The van der Waals surface area contributed by atoms with E-state index in [0.29, 0.717) is 5.56 Å². The lowest BCUT2D eigenvalue weighted by atomic mass is 10.1. The molecule has 0 aliphatic rings. The molecule has 28 heavy (non-hydrogen) atoms. The molecule has 0 aliphatic carbocycles. The first-order valence-electron chi connectivity index (χ1n) is 9.00. The van der Waals surface area contributed by atoms with Crippen molar-refractivity contribution >= 4 is 11.8 Å². The minimum atomic E-state index is -0.922. The fraction of sp³-hybridized carbons (Fsp3) is 0.182. The maximum absolute atomic E-state index is 12.0. The van der Waals surface area contributed by atoms with Gasteiger partial charge >= 0.3 is 11.8 Å². The highest BCUT2D eigenvalue weighted by Crippen LogP contribution is 2.22. The first-order chi connectivity index (χ1) is 13.5. The van der Waals surface area contributed by atoms with Crippen molar-refractivity contribution in [1.29, 1.82) is 0 Å². The Hall–Kier alpha value is -3.38. The quantitative estimate of drug-likeness (QED) is 0.575. The maximum atomic E-state index is 12.0. The van der Waals surface area contributed by atoms with E-state index < -0.39 is 17.9 Å². The van der Waals surface area contributed by atoms with Gasteiger partial charge in [-0.3, -0.25) is 9.59 Å². The molecule has 0 spiro atoms. The number of amides is 2. The molecule has 0 aliphatic heterocycles. The Balaban J connectivity index is 1.50. The number of aliphatic hydroxyl groups is 1. The lowest BCUT2D eigenvalue weighted by Gasteiger charge is -2.15. The number of hydrogen-bond donors (Lipinski definition) is 3. The van der Waals surface area contributed by atoms with Gasteiger partial charge in [-0.15, -0.1) is 0 Å². The Morgan fingerprint density at radius 3 is 2.29 bits per heavy atom. The first kappa shape index (κ1) is 19.4. The molecule has 2 amide bonds. The SMILES string of the molecule is CC(NC(=O)C(=O)NCC(O)c1ccc(-c2ccco2)cc1)c1ccccc1. The molecule has 3 N–H and O–H groups in total.